The molecule has 1 N–H and O–H groups in total. The summed E-state index contributed by atoms with van der Waals surface area (Å²) in [5.74, 6) is -0.742. The van der Waals surface area contributed by atoms with E-state index >= 15 is 0 Å². The highest BCUT2D eigenvalue weighted by atomic mass is 32.2. The zero-order valence-corrected chi connectivity index (χ0v) is 13.8. The number of rotatable bonds is 3. The Morgan fingerprint density at radius 3 is 2.16 bits per heavy atom. The first-order chi connectivity index (χ1) is 11.8. The summed E-state index contributed by atoms with van der Waals surface area (Å²) in [6, 6.07) is 10.9. The molecule has 0 atom stereocenters. The number of carbonyl (C=O) groups excluding carboxylic acids is 2. The summed E-state index contributed by atoms with van der Waals surface area (Å²) < 4.78 is 38.6. The number of fused-ring (bicyclic) bond motifs is 1. The van der Waals surface area contributed by atoms with Gasteiger partial charge in [0.1, 0.15) is 5.70 Å². The van der Waals surface area contributed by atoms with E-state index in [1.165, 1.54) is 18.2 Å². The van der Waals surface area contributed by atoms with Gasteiger partial charge in [-0.3, -0.25) is 9.59 Å². The van der Waals surface area contributed by atoms with Crippen LogP contribution in [0.4, 0.5) is 18.9 Å². The summed E-state index contributed by atoms with van der Waals surface area (Å²) in [5, 5.41) is 2.70. The maximum Gasteiger partial charge on any atom is 0.416 e. The fraction of sp³-hybridized carbons (Fsp3) is 0.111. The van der Waals surface area contributed by atoms with Gasteiger partial charge < -0.3 is 5.32 Å². The number of halogens is 3. The van der Waals surface area contributed by atoms with E-state index < -0.39 is 17.5 Å². The van der Waals surface area contributed by atoms with Crippen LogP contribution in [0.15, 0.2) is 59.1 Å². The number of carbonyl (C=O) groups is 2. The monoisotopic (exact) mass is 363 g/mol. The van der Waals surface area contributed by atoms with E-state index in [9.17, 15) is 22.8 Å². The fourth-order valence-electron chi connectivity index (χ4n) is 2.58. The number of alkyl halides is 3. The van der Waals surface area contributed by atoms with Crippen molar-refractivity contribution in [2.24, 2.45) is 0 Å². The number of ketones is 2. The molecule has 0 saturated carbocycles. The summed E-state index contributed by atoms with van der Waals surface area (Å²) in [5.41, 5.74) is -0.211. The van der Waals surface area contributed by atoms with Crippen LogP contribution in [-0.4, -0.2) is 17.8 Å². The van der Waals surface area contributed by atoms with Crippen molar-refractivity contribution in [1.82, 2.24) is 0 Å². The van der Waals surface area contributed by atoms with Crippen LogP contribution in [0.1, 0.15) is 26.3 Å². The van der Waals surface area contributed by atoms with Crippen molar-refractivity contribution < 1.29 is 22.8 Å². The Kier molecular flexibility index (Phi) is 4.43. The van der Waals surface area contributed by atoms with E-state index in [0.717, 1.165) is 23.9 Å². The summed E-state index contributed by atoms with van der Waals surface area (Å²) >= 11 is 1.08. The minimum atomic E-state index is -4.49. The Balaban J connectivity index is 2.04. The Morgan fingerprint density at radius 2 is 1.56 bits per heavy atom. The predicted molar refractivity (Wildman–Crippen MR) is 90.7 cm³/mol. The molecule has 0 aromatic heterocycles. The summed E-state index contributed by atoms with van der Waals surface area (Å²) in [6.07, 6.45) is -2.85. The second-order valence-electron chi connectivity index (χ2n) is 5.32. The molecule has 25 heavy (non-hydrogen) atoms. The lowest BCUT2D eigenvalue weighted by Crippen LogP contribution is -2.25. The highest BCUT2D eigenvalue weighted by molar-refractivity contribution is 8.03. The molecule has 3 nitrogen and oxygen atoms in total. The number of nitrogens with one attached hydrogen (secondary N) is 1. The standard InChI is InChI=1S/C18H12F3NO2S/c1-25-17-14(15(23)12-7-2-3-8-13(12)16(17)24)22-11-6-4-5-10(9-11)18(19,20)21/h2-9,22H,1H3. The summed E-state index contributed by atoms with van der Waals surface area (Å²) in [6.45, 7) is 0. The minimum absolute atomic E-state index is 0.00414. The van der Waals surface area contributed by atoms with Gasteiger partial charge in [-0.15, -0.1) is 11.8 Å². The Labute approximate surface area is 145 Å². The third-order valence-corrected chi connectivity index (χ3v) is 4.54. The molecular weight excluding hydrogens is 351 g/mol. The second kappa shape index (κ2) is 6.40. The molecule has 0 amide bonds. The fourth-order valence-corrected chi connectivity index (χ4v) is 3.22. The molecule has 2 aromatic carbocycles. The van der Waals surface area contributed by atoms with Crippen LogP contribution in [0.3, 0.4) is 0 Å². The SMILES string of the molecule is CSC1=C(Nc2cccc(C(F)(F)F)c2)C(=O)c2ccccc2C1=O. The third kappa shape index (κ3) is 3.19. The average molecular weight is 363 g/mol. The van der Waals surface area contributed by atoms with Crippen LogP contribution in [0.25, 0.3) is 0 Å². The van der Waals surface area contributed by atoms with E-state index in [4.69, 9.17) is 0 Å². The van der Waals surface area contributed by atoms with Gasteiger partial charge in [0.15, 0.2) is 0 Å². The number of benzene rings is 2. The van der Waals surface area contributed by atoms with Gasteiger partial charge in [0.25, 0.3) is 0 Å². The van der Waals surface area contributed by atoms with Crippen LogP contribution in [0.5, 0.6) is 0 Å². The number of thioether (sulfide) groups is 1. The van der Waals surface area contributed by atoms with Crippen LogP contribution in [0.2, 0.25) is 0 Å². The largest absolute Gasteiger partial charge is 0.416 e. The molecule has 1 aliphatic carbocycles. The number of allylic oxidation sites excluding steroid dienone is 2. The summed E-state index contributed by atoms with van der Waals surface area (Å²) in [4.78, 5) is 25.5. The van der Waals surface area contributed by atoms with Crippen LogP contribution in [-0.2, 0) is 6.18 Å². The van der Waals surface area contributed by atoms with Gasteiger partial charge in [-0.1, -0.05) is 30.3 Å². The molecule has 0 unspecified atom stereocenters. The topological polar surface area (TPSA) is 46.2 Å². The number of hydrogen-bond acceptors (Lipinski definition) is 4. The van der Waals surface area contributed by atoms with E-state index in [1.54, 1.807) is 24.5 Å². The lowest BCUT2D eigenvalue weighted by molar-refractivity contribution is -0.137. The first kappa shape index (κ1) is 17.3. The molecular formula is C18H12F3NO2S. The molecule has 0 spiro atoms. The average Bonchev–Trinajstić information content (AvgIpc) is 2.59. The van der Waals surface area contributed by atoms with Crippen molar-refractivity contribution in [3.05, 3.63) is 75.8 Å². The third-order valence-electron chi connectivity index (χ3n) is 3.74. The molecule has 2 aromatic rings. The van der Waals surface area contributed by atoms with Crippen molar-refractivity contribution in [3.63, 3.8) is 0 Å². The Morgan fingerprint density at radius 1 is 0.920 bits per heavy atom. The van der Waals surface area contributed by atoms with Gasteiger partial charge in [0.05, 0.1) is 10.5 Å². The van der Waals surface area contributed by atoms with Crippen molar-refractivity contribution in [1.29, 1.82) is 0 Å². The molecule has 0 radical (unpaired) electrons. The normalized spacial score (nSPS) is 14.6. The molecule has 3 rings (SSSR count). The number of Topliss-reactive ketones (excluding diaryl/α,β-unsaturated/α-hetero) is 2. The molecule has 1 aliphatic rings. The molecule has 0 bridgehead atoms. The smallest absolute Gasteiger partial charge is 0.351 e. The number of anilines is 1. The van der Waals surface area contributed by atoms with E-state index in [-0.39, 0.29) is 27.6 Å². The van der Waals surface area contributed by atoms with Gasteiger partial charge in [0.2, 0.25) is 11.6 Å². The maximum atomic E-state index is 12.9. The maximum absolute atomic E-state index is 12.9. The molecule has 7 heteroatoms. The summed E-state index contributed by atoms with van der Waals surface area (Å²) in [7, 11) is 0. The quantitative estimate of drug-likeness (QED) is 0.853. The first-order valence-corrected chi connectivity index (χ1v) is 8.46. The van der Waals surface area contributed by atoms with E-state index in [2.05, 4.69) is 5.32 Å². The predicted octanol–water partition coefficient (Wildman–Crippen LogP) is 4.77. The van der Waals surface area contributed by atoms with Crippen molar-refractivity contribution in [2.45, 2.75) is 6.18 Å². The molecule has 0 saturated heterocycles. The van der Waals surface area contributed by atoms with Crippen molar-refractivity contribution >= 4 is 29.0 Å². The zero-order chi connectivity index (χ0) is 18.2. The molecule has 0 heterocycles. The van der Waals surface area contributed by atoms with Gasteiger partial charge in [-0.25, -0.2) is 0 Å². The highest BCUT2D eigenvalue weighted by Gasteiger charge is 2.33. The Hall–Kier alpha value is -2.54. The lowest BCUT2D eigenvalue weighted by atomic mass is 9.92. The van der Waals surface area contributed by atoms with Crippen LogP contribution >= 0.6 is 11.8 Å². The first-order valence-electron chi connectivity index (χ1n) is 7.24. The van der Waals surface area contributed by atoms with Crippen molar-refractivity contribution in [3.8, 4) is 0 Å². The zero-order valence-electron chi connectivity index (χ0n) is 13.0. The lowest BCUT2D eigenvalue weighted by Gasteiger charge is -2.21. The molecule has 128 valence electrons. The minimum Gasteiger partial charge on any atom is -0.351 e. The van der Waals surface area contributed by atoms with E-state index in [1.807, 2.05) is 0 Å². The van der Waals surface area contributed by atoms with Gasteiger partial charge in [-0.2, -0.15) is 13.2 Å². The molecule has 0 fully saturated rings. The van der Waals surface area contributed by atoms with Crippen LogP contribution in [0, 0.1) is 0 Å². The van der Waals surface area contributed by atoms with Crippen molar-refractivity contribution in [2.75, 3.05) is 11.6 Å². The van der Waals surface area contributed by atoms with Crippen LogP contribution < -0.4 is 5.32 Å². The van der Waals surface area contributed by atoms with Gasteiger partial charge >= 0.3 is 6.18 Å². The Bertz CT molecular complexity index is 903. The molecule has 0 aliphatic heterocycles. The number of hydrogen-bond donors (Lipinski definition) is 1. The van der Waals surface area contributed by atoms with Gasteiger partial charge in [-0.05, 0) is 24.5 Å². The van der Waals surface area contributed by atoms with Gasteiger partial charge in [0, 0.05) is 16.8 Å². The highest BCUT2D eigenvalue weighted by Crippen LogP contribution is 2.34. The second-order valence-corrected chi connectivity index (χ2v) is 6.13. The van der Waals surface area contributed by atoms with E-state index in [0.29, 0.717) is 5.56 Å².